The van der Waals surface area contributed by atoms with Gasteiger partial charge in [0.1, 0.15) is 17.1 Å². The van der Waals surface area contributed by atoms with E-state index < -0.39 is 5.97 Å². The summed E-state index contributed by atoms with van der Waals surface area (Å²) >= 11 is 0. The van der Waals surface area contributed by atoms with Gasteiger partial charge >= 0.3 is 5.97 Å². The SMILES string of the molecule is COc1ccc(C(C)(C)c2ccc(OPC)cc2)cc1C(=O)O. The molecule has 0 aliphatic carbocycles. The van der Waals surface area contributed by atoms with Crippen LogP contribution in [-0.4, -0.2) is 24.9 Å². The van der Waals surface area contributed by atoms with Crippen LogP contribution in [0.4, 0.5) is 0 Å². The molecule has 2 aromatic carbocycles. The molecule has 2 rings (SSSR count). The minimum Gasteiger partial charge on any atom is -0.496 e. The maximum absolute atomic E-state index is 11.4. The summed E-state index contributed by atoms with van der Waals surface area (Å²) in [6.07, 6.45) is 0. The fourth-order valence-corrected chi connectivity index (χ4v) is 2.86. The molecule has 0 saturated carbocycles. The van der Waals surface area contributed by atoms with Crippen molar-refractivity contribution in [1.82, 2.24) is 0 Å². The predicted octanol–water partition coefficient (Wildman–Crippen LogP) is 4.32. The van der Waals surface area contributed by atoms with Crippen LogP contribution >= 0.6 is 8.81 Å². The minimum absolute atomic E-state index is 0.171. The van der Waals surface area contributed by atoms with Gasteiger partial charge in [0.25, 0.3) is 0 Å². The molecule has 2 aromatic rings. The van der Waals surface area contributed by atoms with Crippen molar-refractivity contribution in [3.8, 4) is 11.5 Å². The Labute approximate surface area is 138 Å². The van der Waals surface area contributed by atoms with E-state index in [2.05, 4.69) is 13.8 Å². The minimum atomic E-state index is -0.993. The fourth-order valence-electron chi connectivity index (χ4n) is 2.49. The molecule has 0 aromatic heterocycles. The monoisotopic (exact) mass is 332 g/mol. The Kier molecular flexibility index (Phi) is 5.27. The largest absolute Gasteiger partial charge is 0.496 e. The summed E-state index contributed by atoms with van der Waals surface area (Å²) < 4.78 is 10.6. The highest BCUT2D eigenvalue weighted by Gasteiger charge is 2.25. The Hall–Kier alpha value is -2.06. The van der Waals surface area contributed by atoms with Gasteiger partial charge in [0, 0.05) is 5.41 Å². The lowest BCUT2D eigenvalue weighted by molar-refractivity contribution is 0.0693. The van der Waals surface area contributed by atoms with E-state index in [9.17, 15) is 9.90 Å². The fraction of sp³-hybridized carbons (Fsp3) is 0.278. The van der Waals surface area contributed by atoms with Gasteiger partial charge in [-0.15, -0.1) is 0 Å². The summed E-state index contributed by atoms with van der Waals surface area (Å²) in [7, 11) is 1.88. The van der Waals surface area contributed by atoms with Gasteiger partial charge in [-0.2, -0.15) is 0 Å². The summed E-state index contributed by atoms with van der Waals surface area (Å²) in [6.45, 7) is 6.11. The highest BCUT2D eigenvalue weighted by molar-refractivity contribution is 7.31. The molecular formula is C18H21O4P. The van der Waals surface area contributed by atoms with Gasteiger partial charge in [0.2, 0.25) is 0 Å². The molecule has 122 valence electrons. The van der Waals surface area contributed by atoms with E-state index in [-0.39, 0.29) is 11.0 Å². The van der Waals surface area contributed by atoms with Crippen LogP contribution in [-0.2, 0) is 5.41 Å². The third-order valence-electron chi connectivity index (χ3n) is 3.95. The van der Waals surface area contributed by atoms with Gasteiger partial charge in [-0.05, 0) is 42.1 Å². The number of rotatable bonds is 6. The molecule has 1 unspecified atom stereocenters. The lowest BCUT2D eigenvalue weighted by Gasteiger charge is -2.27. The Balaban J connectivity index is 2.42. The van der Waals surface area contributed by atoms with Crippen molar-refractivity contribution in [2.75, 3.05) is 13.8 Å². The number of aromatic carboxylic acids is 1. The van der Waals surface area contributed by atoms with Crippen LogP contribution in [0.15, 0.2) is 42.5 Å². The third-order valence-corrected chi connectivity index (χ3v) is 4.39. The molecule has 4 nitrogen and oxygen atoms in total. The summed E-state index contributed by atoms with van der Waals surface area (Å²) in [5.74, 6) is 0.211. The molecule has 0 saturated heterocycles. The average Bonchev–Trinajstić information content (AvgIpc) is 2.55. The number of methoxy groups -OCH3 is 1. The molecule has 0 bridgehead atoms. The van der Waals surface area contributed by atoms with Crippen molar-refractivity contribution >= 4 is 14.8 Å². The molecule has 0 aliphatic heterocycles. The van der Waals surface area contributed by atoms with E-state index >= 15 is 0 Å². The predicted molar refractivity (Wildman–Crippen MR) is 93.4 cm³/mol. The van der Waals surface area contributed by atoms with Crippen LogP contribution in [0.3, 0.4) is 0 Å². The Morgan fingerprint density at radius 3 is 2.22 bits per heavy atom. The topological polar surface area (TPSA) is 55.8 Å². The van der Waals surface area contributed by atoms with Gasteiger partial charge in [-0.1, -0.05) is 32.0 Å². The number of carboxylic acids is 1. The van der Waals surface area contributed by atoms with Crippen molar-refractivity contribution in [1.29, 1.82) is 0 Å². The molecule has 0 amide bonds. The first-order valence-electron chi connectivity index (χ1n) is 7.26. The summed E-state index contributed by atoms with van der Waals surface area (Å²) in [5.41, 5.74) is 1.85. The Morgan fingerprint density at radius 2 is 1.70 bits per heavy atom. The van der Waals surface area contributed by atoms with Crippen LogP contribution in [0.25, 0.3) is 0 Å². The average molecular weight is 332 g/mol. The van der Waals surface area contributed by atoms with Crippen molar-refractivity contribution < 1.29 is 19.2 Å². The first-order chi connectivity index (χ1) is 10.9. The number of ether oxygens (including phenoxy) is 1. The zero-order valence-electron chi connectivity index (χ0n) is 13.7. The summed E-state index contributed by atoms with van der Waals surface area (Å²) in [4.78, 5) is 11.4. The second-order valence-electron chi connectivity index (χ2n) is 5.68. The normalized spacial score (nSPS) is 11.7. The molecule has 1 N–H and O–H groups in total. The standard InChI is InChI=1S/C18H21O4P/c1-18(2,12-5-8-14(9-6-12)22-23-4)13-7-10-16(21-3)15(11-13)17(19)20/h5-11,23H,1-4H3,(H,19,20). The second-order valence-corrected chi connectivity index (χ2v) is 6.29. The molecule has 23 heavy (non-hydrogen) atoms. The maximum Gasteiger partial charge on any atom is 0.339 e. The van der Waals surface area contributed by atoms with Gasteiger partial charge in [-0.25, -0.2) is 4.79 Å². The Morgan fingerprint density at radius 1 is 1.09 bits per heavy atom. The zero-order chi connectivity index (χ0) is 17.0. The smallest absolute Gasteiger partial charge is 0.339 e. The highest BCUT2D eigenvalue weighted by atomic mass is 31.1. The highest BCUT2D eigenvalue weighted by Crippen LogP contribution is 2.35. The maximum atomic E-state index is 11.4. The van der Waals surface area contributed by atoms with Gasteiger partial charge in [-0.3, -0.25) is 0 Å². The van der Waals surface area contributed by atoms with Gasteiger partial charge in [0.15, 0.2) is 0 Å². The molecule has 1 atom stereocenters. The molecule has 0 radical (unpaired) electrons. The van der Waals surface area contributed by atoms with Crippen LogP contribution in [0.5, 0.6) is 11.5 Å². The van der Waals surface area contributed by atoms with Crippen molar-refractivity contribution in [2.24, 2.45) is 0 Å². The number of benzene rings is 2. The number of carboxylic acid groups (broad SMARTS) is 1. The molecular weight excluding hydrogens is 311 g/mol. The third kappa shape index (κ3) is 3.65. The van der Waals surface area contributed by atoms with Crippen molar-refractivity contribution in [3.63, 3.8) is 0 Å². The number of hydrogen-bond donors (Lipinski definition) is 1. The van der Waals surface area contributed by atoms with Crippen LogP contribution in [0.1, 0.15) is 35.3 Å². The lowest BCUT2D eigenvalue weighted by Crippen LogP contribution is -2.19. The van der Waals surface area contributed by atoms with Gasteiger partial charge < -0.3 is 14.4 Å². The second kappa shape index (κ2) is 7.01. The molecule has 0 heterocycles. The van der Waals surface area contributed by atoms with Crippen LogP contribution in [0, 0.1) is 0 Å². The molecule has 0 aliphatic rings. The molecule has 0 spiro atoms. The van der Waals surface area contributed by atoms with E-state index in [1.54, 1.807) is 12.1 Å². The van der Waals surface area contributed by atoms with Gasteiger partial charge in [0.05, 0.1) is 15.9 Å². The van der Waals surface area contributed by atoms with Crippen molar-refractivity contribution in [3.05, 3.63) is 59.2 Å². The molecule has 0 fully saturated rings. The quantitative estimate of drug-likeness (QED) is 0.800. The first-order valence-corrected chi connectivity index (χ1v) is 8.67. The number of hydrogen-bond acceptors (Lipinski definition) is 3. The number of carbonyl (C=O) groups is 1. The van der Waals surface area contributed by atoms with E-state index in [4.69, 9.17) is 9.26 Å². The van der Waals surface area contributed by atoms with E-state index in [0.29, 0.717) is 14.6 Å². The first kappa shape index (κ1) is 17.3. The molecule has 5 heteroatoms. The van der Waals surface area contributed by atoms with Crippen LogP contribution < -0.4 is 9.26 Å². The van der Waals surface area contributed by atoms with E-state index in [1.165, 1.54) is 7.11 Å². The zero-order valence-corrected chi connectivity index (χ0v) is 14.7. The Bertz CT molecular complexity index is 693. The van der Waals surface area contributed by atoms with Crippen molar-refractivity contribution in [2.45, 2.75) is 19.3 Å². The lowest BCUT2D eigenvalue weighted by atomic mass is 9.77. The van der Waals surface area contributed by atoms with E-state index in [0.717, 1.165) is 16.9 Å². The summed E-state index contributed by atoms with van der Waals surface area (Å²) in [6, 6.07) is 13.2. The summed E-state index contributed by atoms with van der Waals surface area (Å²) in [5, 5.41) is 9.36. The van der Waals surface area contributed by atoms with Crippen LogP contribution in [0.2, 0.25) is 0 Å². The van der Waals surface area contributed by atoms with E-state index in [1.807, 2.05) is 37.0 Å².